The molecule has 0 atom stereocenters. The van der Waals surface area contributed by atoms with Crippen LogP contribution >= 0.6 is 0 Å². The Labute approximate surface area is 247 Å². The van der Waals surface area contributed by atoms with E-state index in [4.69, 9.17) is 15.0 Å². The first kappa shape index (κ1) is 28.5. The molecule has 0 saturated heterocycles. The Kier molecular flexibility index (Phi) is 8.58. The van der Waals surface area contributed by atoms with E-state index in [1.165, 1.54) is 0 Å². The van der Waals surface area contributed by atoms with Gasteiger partial charge in [-0.25, -0.2) is 9.97 Å². The Bertz CT molecular complexity index is 1910. The second-order valence-electron chi connectivity index (χ2n) is 10.2. The fraction of sp³-hybridized carbons (Fsp3) is 0.162. The summed E-state index contributed by atoms with van der Waals surface area (Å²) < 4.78 is 0. The molecule has 5 rings (SSSR count). The van der Waals surface area contributed by atoms with Crippen molar-refractivity contribution in [1.29, 1.82) is 0 Å². The number of rotatable bonds is 9. The molecule has 0 N–H and O–H groups in total. The molecule has 2 heterocycles. The fourth-order valence-electron chi connectivity index (χ4n) is 5.00. The van der Waals surface area contributed by atoms with E-state index in [0.717, 1.165) is 91.1 Å². The number of nitrogens with zero attached hydrogens (tertiary/aromatic N) is 5. The molecule has 0 bridgehead atoms. The molecule has 0 amide bonds. The highest BCUT2D eigenvalue weighted by Gasteiger charge is 2.11. The van der Waals surface area contributed by atoms with Gasteiger partial charge in [0.2, 0.25) is 0 Å². The maximum absolute atomic E-state index is 4.97. The number of fused-ring (bicyclic) bond motifs is 2. The summed E-state index contributed by atoms with van der Waals surface area (Å²) in [6, 6.07) is 25.0. The van der Waals surface area contributed by atoms with Crippen LogP contribution in [0.1, 0.15) is 44.7 Å². The van der Waals surface area contributed by atoms with Crippen LogP contribution in [0.15, 0.2) is 106 Å². The van der Waals surface area contributed by atoms with Crippen LogP contribution in [-0.2, 0) is 0 Å². The van der Waals surface area contributed by atoms with Crippen molar-refractivity contribution in [2.45, 2.75) is 40.5 Å². The van der Waals surface area contributed by atoms with Crippen molar-refractivity contribution in [3.05, 3.63) is 102 Å². The highest BCUT2D eigenvalue weighted by atomic mass is 14.8. The lowest BCUT2D eigenvalue weighted by Gasteiger charge is -2.10. The Morgan fingerprint density at radius 1 is 0.881 bits per heavy atom. The van der Waals surface area contributed by atoms with Crippen LogP contribution in [0, 0.1) is 6.92 Å². The maximum Gasteiger partial charge on any atom is 0.0969 e. The third-order valence-electron chi connectivity index (χ3n) is 7.28. The number of unbranched alkanes of at least 4 members (excludes halogenated alkanes) is 1. The Morgan fingerprint density at radius 3 is 2.33 bits per heavy atom. The monoisotopic (exact) mass is 549 g/mol. The SMILES string of the molecule is C=Cc1cc(-c2ccc3nc(-c4ccc5ccc(C)c(N=CC)c5n4)ccc3c2)ccc1N=C(C)/C(=C/CCC)N=C. The summed E-state index contributed by atoms with van der Waals surface area (Å²) in [7, 11) is 0. The molecular weight excluding hydrogens is 514 g/mol. The number of hydrogen-bond acceptors (Lipinski definition) is 5. The molecule has 0 radical (unpaired) electrons. The van der Waals surface area contributed by atoms with Crippen molar-refractivity contribution < 1.29 is 0 Å². The summed E-state index contributed by atoms with van der Waals surface area (Å²) in [4.78, 5) is 23.5. The average Bonchev–Trinajstić information content (AvgIpc) is 3.02. The van der Waals surface area contributed by atoms with Gasteiger partial charge in [-0.2, -0.15) is 0 Å². The number of hydrogen-bond donors (Lipinski definition) is 0. The van der Waals surface area contributed by atoms with Crippen LogP contribution in [-0.4, -0.2) is 28.6 Å². The van der Waals surface area contributed by atoms with Crippen molar-refractivity contribution in [3.63, 3.8) is 0 Å². The quantitative estimate of drug-likeness (QED) is 0.172. The molecule has 0 aliphatic carbocycles. The summed E-state index contributed by atoms with van der Waals surface area (Å²) in [5.41, 5.74) is 11.1. The molecule has 0 fully saturated rings. The third kappa shape index (κ3) is 5.86. The molecule has 0 spiro atoms. The predicted molar refractivity (Wildman–Crippen MR) is 182 cm³/mol. The number of aryl methyl sites for hydroxylation is 1. The first-order valence-electron chi connectivity index (χ1n) is 14.2. The van der Waals surface area contributed by atoms with Gasteiger partial charge in [0.25, 0.3) is 0 Å². The van der Waals surface area contributed by atoms with Crippen molar-refractivity contribution in [3.8, 4) is 22.5 Å². The zero-order valence-corrected chi connectivity index (χ0v) is 24.7. The van der Waals surface area contributed by atoms with E-state index in [0.29, 0.717) is 0 Å². The van der Waals surface area contributed by atoms with Gasteiger partial charge in [0.1, 0.15) is 0 Å². The van der Waals surface area contributed by atoms with Crippen LogP contribution in [0.5, 0.6) is 0 Å². The van der Waals surface area contributed by atoms with Crippen molar-refractivity contribution in [1.82, 2.24) is 9.97 Å². The molecule has 5 nitrogen and oxygen atoms in total. The minimum Gasteiger partial charge on any atom is -0.263 e. The molecule has 42 heavy (non-hydrogen) atoms. The molecule has 3 aromatic carbocycles. The molecule has 5 heteroatoms. The second kappa shape index (κ2) is 12.6. The van der Waals surface area contributed by atoms with E-state index in [1.54, 1.807) is 0 Å². The van der Waals surface area contributed by atoms with Crippen molar-refractivity contribution in [2.75, 3.05) is 0 Å². The van der Waals surface area contributed by atoms with E-state index in [1.807, 2.05) is 44.3 Å². The predicted octanol–water partition coefficient (Wildman–Crippen LogP) is 10.3. The van der Waals surface area contributed by atoms with Crippen molar-refractivity contribution in [2.24, 2.45) is 15.0 Å². The van der Waals surface area contributed by atoms with Crippen LogP contribution < -0.4 is 0 Å². The molecule has 0 aliphatic heterocycles. The summed E-state index contributed by atoms with van der Waals surface area (Å²) >= 11 is 0. The lowest BCUT2D eigenvalue weighted by Crippen LogP contribution is -1.95. The van der Waals surface area contributed by atoms with E-state index in [2.05, 4.69) is 97.8 Å². The number of allylic oxidation sites excluding steroid dienone is 2. The molecule has 5 aromatic rings. The maximum atomic E-state index is 4.97. The molecular formula is C37H35N5. The van der Waals surface area contributed by atoms with E-state index >= 15 is 0 Å². The van der Waals surface area contributed by atoms with Crippen LogP contribution in [0.4, 0.5) is 11.4 Å². The Balaban J connectivity index is 1.48. The van der Waals surface area contributed by atoms with Gasteiger partial charge in [0.15, 0.2) is 0 Å². The van der Waals surface area contributed by atoms with Crippen LogP contribution in [0.2, 0.25) is 0 Å². The molecule has 0 unspecified atom stereocenters. The normalized spacial score (nSPS) is 12.4. The smallest absolute Gasteiger partial charge is 0.0969 e. The topological polar surface area (TPSA) is 62.9 Å². The van der Waals surface area contributed by atoms with E-state index in [-0.39, 0.29) is 0 Å². The first-order valence-corrected chi connectivity index (χ1v) is 14.2. The highest BCUT2D eigenvalue weighted by molar-refractivity contribution is 6.00. The lowest BCUT2D eigenvalue weighted by atomic mass is 10.00. The van der Waals surface area contributed by atoms with Gasteiger partial charge in [-0.15, -0.1) is 0 Å². The van der Waals surface area contributed by atoms with E-state index < -0.39 is 0 Å². The number of aromatic nitrogens is 2. The zero-order valence-electron chi connectivity index (χ0n) is 24.7. The third-order valence-corrected chi connectivity index (χ3v) is 7.28. The van der Waals surface area contributed by atoms with E-state index in [9.17, 15) is 0 Å². The largest absolute Gasteiger partial charge is 0.263 e. The fourth-order valence-corrected chi connectivity index (χ4v) is 5.00. The Hall–Kier alpha value is -5.03. The summed E-state index contributed by atoms with van der Waals surface area (Å²) in [6.07, 6.45) is 7.73. The van der Waals surface area contributed by atoms with Gasteiger partial charge >= 0.3 is 0 Å². The molecule has 2 aromatic heterocycles. The van der Waals surface area contributed by atoms with Gasteiger partial charge in [-0.1, -0.05) is 68.5 Å². The van der Waals surface area contributed by atoms with Gasteiger partial charge in [0.05, 0.1) is 45.2 Å². The second-order valence-corrected chi connectivity index (χ2v) is 10.2. The number of benzene rings is 3. The minimum absolute atomic E-state index is 0.821. The number of pyridine rings is 2. The summed E-state index contributed by atoms with van der Waals surface area (Å²) in [5, 5.41) is 2.12. The van der Waals surface area contributed by atoms with Gasteiger partial charge in [-0.05, 0) is 87.0 Å². The minimum atomic E-state index is 0.821. The van der Waals surface area contributed by atoms with Gasteiger partial charge < -0.3 is 0 Å². The van der Waals surface area contributed by atoms with Gasteiger partial charge in [0, 0.05) is 22.6 Å². The Morgan fingerprint density at radius 2 is 1.60 bits per heavy atom. The van der Waals surface area contributed by atoms with Gasteiger partial charge in [-0.3, -0.25) is 15.0 Å². The standard InChI is InChI=1S/C37H35N5/c1-7-10-11-31(38-6)25(5)40-32-18-15-28(22-26(32)8-2)29-16-19-33-30(23-29)17-21-34(41-33)35-20-14-27-13-12-24(4)36(39-9-3)37(27)42-35/h8-9,11-23H,2,6-7,10H2,1,3-5H3/b31-11-,39-9?,40-25?. The molecule has 0 aliphatic rings. The molecule has 0 saturated carbocycles. The van der Waals surface area contributed by atoms with Crippen molar-refractivity contribution >= 4 is 57.9 Å². The first-order chi connectivity index (χ1) is 20.4. The summed E-state index contributed by atoms with van der Waals surface area (Å²) in [6.45, 7) is 15.8. The average molecular weight is 550 g/mol. The molecule has 208 valence electrons. The van der Waals surface area contributed by atoms with Crippen LogP contribution in [0.3, 0.4) is 0 Å². The number of aliphatic imine (C=N–C) groups is 3. The highest BCUT2D eigenvalue weighted by Crippen LogP contribution is 2.33. The summed E-state index contributed by atoms with van der Waals surface area (Å²) in [5.74, 6) is 0. The van der Waals surface area contributed by atoms with Crippen LogP contribution in [0.25, 0.3) is 50.4 Å². The lowest BCUT2D eigenvalue weighted by molar-refractivity contribution is 0.952. The zero-order chi connectivity index (χ0) is 29.6.